The molecular weight excluding hydrogens is 505 g/mol. The molecule has 1 atom stereocenters. The van der Waals surface area contributed by atoms with Gasteiger partial charge in [-0.1, -0.05) is 68.1 Å². The number of rotatable bonds is 6. The van der Waals surface area contributed by atoms with Crippen molar-refractivity contribution in [2.45, 2.75) is 63.2 Å². The smallest absolute Gasteiger partial charge is 0.272 e. The fraction of sp³-hybridized carbons (Fsp3) is 0.333. The summed E-state index contributed by atoms with van der Waals surface area (Å²) in [5, 5.41) is 4.26. The average molecular weight is 540 g/mol. The third-order valence-electron chi connectivity index (χ3n) is 8.47. The molecule has 1 N–H and O–H groups in total. The number of methoxy groups -OCH3 is 1. The second-order valence-electron chi connectivity index (χ2n) is 10.9. The molecule has 0 bridgehead atoms. The van der Waals surface area contributed by atoms with Crippen LogP contribution in [0.1, 0.15) is 60.1 Å². The first-order valence-corrected chi connectivity index (χ1v) is 14.1. The van der Waals surface area contributed by atoms with Gasteiger partial charge in [0.2, 0.25) is 0 Å². The first-order valence-electron chi connectivity index (χ1n) is 14.1. The van der Waals surface area contributed by atoms with Crippen molar-refractivity contribution in [1.82, 2.24) is 14.8 Å². The summed E-state index contributed by atoms with van der Waals surface area (Å²) in [6.07, 6.45) is 6.32. The molecule has 0 saturated heterocycles. The van der Waals surface area contributed by atoms with Gasteiger partial charge in [-0.25, -0.2) is 4.39 Å². The molecule has 6 nitrogen and oxygen atoms in total. The molecule has 0 spiro atoms. The zero-order valence-electron chi connectivity index (χ0n) is 22.7. The summed E-state index contributed by atoms with van der Waals surface area (Å²) >= 11 is 0. The Morgan fingerprint density at radius 1 is 0.975 bits per heavy atom. The van der Waals surface area contributed by atoms with Crippen LogP contribution in [0.3, 0.4) is 0 Å². The van der Waals surface area contributed by atoms with Crippen molar-refractivity contribution >= 4 is 22.7 Å². The number of halogens is 1. The van der Waals surface area contributed by atoms with E-state index >= 15 is 0 Å². The molecule has 3 aromatic carbocycles. The predicted octanol–water partition coefficient (Wildman–Crippen LogP) is 6.18. The van der Waals surface area contributed by atoms with Crippen LogP contribution < -0.4 is 10.1 Å². The van der Waals surface area contributed by atoms with Crippen LogP contribution in [0.15, 0.2) is 78.9 Å². The minimum Gasteiger partial charge on any atom is -0.497 e. The Balaban J connectivity index is 1.54. The van der Waals surface area contributed by atoms with Gasteiger partial charge in [-0.15, -0.1) is 0 Å². The van der Waals surface area contributed by atoms with Gasteiger partial charge in [0, 0.05) is 24.0 Å². The van der Waals surface area contributed by atoms with Gasteiger partial charge in [-0.3, -0.25) is 9.59 Å². The Kier molecular flexibility index (Phi) is 7.05. The largest absolute Gasteiger partial charge is 0.497 e. The number of hydrogen-bond donors (Lipinski definition) is 1. The van der Waals surface area contributed by atoms with Crippen molar-refractivity contribution in [3.05, 3.63) is 102 Å². The molecule has 0 radical (unpaired) electrons. The number of amides is 2. The fourth-order valence-corrected chi connectivity index (χ4v) is 6.37. The number of carbonyl (C=O) groups excluding carboxylic acids is 2. The molecule has 0 unspecified atom stereocenters. The lowest BCUT2D eigenvalue weighted by Crippen LogP contribution is -2.63. The van der Waals surface area contributed by atoms with Crippen molar-refractivity contribution in [3.8, 4) is 5.75 Å². The van der Waals surface area contributed by atoms with Crippen LogP contribution in [0, 0.1) is 5.82 Å². The Labute approximate surface area is 233 Å². The number of benzene rings is 3. The molecule has 40 heavy (non-hydrogen) atoms. The molecule has 1 aliphatic carbocycles. The van der Waals surface area contributed by atoms with Crippen molar-refractivity contribution in [2.75, 3.05) is 7.11 Å². The van der Waals surface area contributed by atoms with Crippen LogP contribution in [-0.2, 0) is 23.4 Å². The lowest BCUT2D eigenvalue weighted by Gasteiger charge is -2.47. The third kappa shape index (κ3) is 4.63. The summed E-state index contributed by atoms with van der Waals surface area (Å²) in [4.78, 5) is 30.8. The van der Waals surface area contributed by atoms with E-state index in [1.54, 1.807) is 24.1 Å². The Morgan fingerprint density at radius 2 is 1.75 bits per heavy atom. The van der Waals surface area contributed by atoms with E-state index in [-0.39, 0.29) is 36.8 Å². The molecule has 4 aromatic rings. The number of aromatic nitrogens is 1. The van der Waals surface area contributed by atoms with Gasteiger partial charge in [-0.2, -0.15) is 0 Å². The molecule has 1 aromatic heterocycles. The number of nitrogens with one attached hydrogen (secondary N) is 1. The summed E-state index contributed by atoms with van der Waals surface area (Å²) in [7, 11) is 1.61. The standard InChI is InChI=1S/C33H34FN3O3/c1-40-28-17-16-24-19-30-31(38)37(21-23-10-9-13-26(34)18-23)33(22-36(30)29(24)20-28,25-11-5-4-6-12-25)32(39)35-27-14-7-2-3-8-15-27/h4-6,9-13,16-20,27H,2-3,7-8,14-15,21-22H2,1H3,(H,35,39)/t33-/m0/s1. The third-order valence-corrected chi connectivity index (χ3v) is 8.47. The monoisotopic (exact) mass is 539 g/mol. The molecular formula is C33H34FN3O3. The van der Waals surface area contributed by atoms with Crippen LogP contribution in [-0.4, -0.2) is 34.4 Å². The van der Waals surface area contributed by atoms with Crippen LogP contribution in [0.25, 0.3) is 10.9 Å². The summed E-state index contributed by atoms with van der Waals surface area (Å²) in [5.74, 6) is -0.177. The number of ether oxygens (including phenoxy) is 1. The second-order valence-corrected chi connectivity index (χ2v) is 10.9. The summed E-state index contributed by atoms with van der Waals surface area (Å²) in [5.41, 5.74) is 1.33. The van der Waals surface area contributed by atoms with E-state index in [4.69, 9.17) is 4.74 Å². The first kappa shape index (κ1) is 26.1. The van der Waals surface area contributed by atoms with E-state index in [2.05, 4.69) is 5.32 Å². The molecule has 1 aliphatic heterocycles. The second kappa shape index (κ2) is 10.8. The van der Waals surface area contributed by atoms with Crippen LogP contribution >= 0.6 is 0 Å². The molecule has 1 fully saturated rings. The van der Waals surface area contributed by atoms with E-state index in [0.29, 0.717) is 17.0 Å². The van der Waals surface area contributed by atoms with Gasteiger partial charge in [0.1, 0.15) is 17.3 Å². The normalized spacial score (nSPS) is 19.8. The van der Waals surface area contributed by atoms with Crippen LogP contribution in [0.5, 0.6) is 5.75 Å². The van der Waals surface area contributed by atoms with Gasteiger partial charge < -0.3 is 19.5 Å². The quantitative estimate of drug-likeness (QED) is 0.298. The molecule has 6 rings (SSSR count). The van der Waals surface area contributed by atoms with Gasteiger partial charge in [0.25, 0.3) is 11.8 Å². The number of nitrogens with zero attached hydrogens (tertiary/aromatic N) is 2. The van der Waals surface area contributed by atoms with Crippen molar-refractivity contribution < 1.29 is 18.7 Å². The SMILES string of the molecule is COc1ccc2cc3n(c2c1)C[C@@](C(=O)NC1CCCCCC1)(c1ccccc1)N(Cc1cccc(F)c1)C3=O. The lowest BCUT2D eigenvalue weighted by atomic mass is 9.83. The molecule has 7 heteroatoms. The summed E-state index contributed by atoms with van der Waals surface area (Å²) in [6, 6.07) is 23.4. The maximum Gasteiger partial charge on any atom is 0.272 e. The molecule has 1 saturated carbocycles. The van der Waals surface area contributed by atoms with Crippen LogP contribution in [0.2, 0.25) is 0 Å². The Bertz CT molecular complexity index is 1540. The predicted molar refractivity (Wildman–Crippen MR) is 153 cm³/mol. The van der Waals surface area contributed by atoms with E-state index in [9.17, 15) is 14.0 Å². The fourth-order valence-electron chi connectivity index (χ4n) is 6.37. The van der Waals surface area contributed by atoms with Gasteiger partial charge in [0.15, 0.2) is 5.54 Å². The molecule has 2 amide bonds. The highest BCUT2D eigenvalue weighted by atomic mass is 19.1. The van der Waals surface area contributed by atoms with Crippen molar-refractivity contribution in [2.24, 2.45) is 0 Å². The van der Waals surface area contributed by atoms with Crippen molar-refractivity contribution in [3.63, 3.8) is 0 Å². The van der Waals surface area contributed by atoms with Gasteiger partial charge in [0.05, 0.1) is 19.2 Å². The minimum atomic E-state index is -1.35. The molecule has 2 aliphatic rings. The van der Waals surface area contributed by atoms with Crippen LogP contribution in [0.4, 0.5) is 4.39 Å². The average Bonchev–Trinajstić information content (AvgIpc) is 3.13. The Hall–Kier alpha value is -4.13. The van der Waals surface area contributed by atoms with E-state index < -0.39 is 5.54 Å². The lowest BCUT2D eigenvalue weighted by molar-refractivity contribution is -0.136. The van der Waals surface area contributed by atoms with E-state index in [1.165, 1.54) is 25.0 Å². The number of hydrogen-bond acceptors (Lipinski definition) is 3. The number of fused-ring (bicyclic) bond motifs is 3. The maximum atomic E-state index is 14.7. The Morgan fingerprint density at radius 3 is 2.48 bits per heavy atom. The zero-order chi connectivity index (χ0) is 27.7. The zero-order valence-corrected chi connectivity index (χ0v) is 22.7. The maximum absolute atomic E-state index is 14.7. The van der Waals surface area contributed by atoms with Crippen molar-refractivity contribution in [1.29, 1.82) is 0 Å². The number of carbonyl (C=O) groups is 2. The topological polar surface area (TPSA) is 63.6 Å². The summed E-state index contributed by atoms with van der Waals surface area (Å²) in [6.45, 7) is 0.317. The molecule has 2 heterocycles. The van der Waals surface area contributed by atoms with Gasteiger partial charge >= 0.3 is 0 Å². The van der Waals surface area contributed by atoms with E-state index in [1.807, 2.05) is 59.2 Å². The highest BCUT2D eigenvalue weighted by Crippen LogP contribution is 2.41. The minimum absolute atomic E-state index is 0.0459. The first-order chi connectivity index (χ1) is 19.5. The van der Waals surface area contributed by atoms with Gasteiger partial charge in [-0.05, 0) is 54.3 Å². The molecule has 206 valence electrons. The van der Waals surface area contributed by atoms with E-state index in [0.717, 1.165) is 42.1 Å². The highest BCUT2D eigenvalue weighted by Gasteiger charge is 2.52. The highest BCUT2D eigenvalue weighted by molar-refractivity contribution is 6.04. The summed E-state index contributed by atoms with van der Waals surface area (Å²) < 4.78 is 21.7.